The van der Waals surface area contributed by atoms with Crippen molar-refractivity contribution in [2.24, 2.45) is 17.3 Å². The number of hydrogen-bond acceptors (Lipinski definition) is 11. The second kappa shape index (κ2) is 20.0. The number of nitrogens with one attached hydrogen (secondary N) is 2. The quantitative estimate of drug-likeness (QED) is 0.205. The number of methoxy groups -OCH3 is 1. The van der Waals surface area contributed by atoms with Gasteiger partial charge < -0.3 is 34.7 Å². The van der Waals surface area contributed by atoms with E-state index in [4.69, 9.17) is 35.7 Å². The molecule has 14 nitrogen and oxygen atoms in total. The topological polar surface area (TPSA) is 176 Å². The molecule has 6 atom stereocenters. The lowest BCUT2D eigenvalue weighted by molar-refractivity contribution is -0.179. The number of carboxylic acid groups (broad SMARTS) is 1. The number of piperazine rings is 1. The molecule has 0 spiro atoms. The number of ether oxygens (including phenoxy) is 4. The monoisotopic (exact) mass is 824 g/mol. The van der Waals surface area contributed by atoms with Crippen LogP contribution < -0.4 is 15.4 Å². The minimum atomic E-state index is -1.23. The SMILES string of the molecule is COc1ccc(C[C@H]2NC(=O)C=CC[C@@H]([C@H](C)[C@H]3O[C@@H]3c3ccc(CN4CCN(CC(=O)O)CC4)cc3)OC(=O)[C@H](CC(C)C)OC(=O)C(C)(C)CNC2=O)cc1Cl. The fourth-order valence-corrected chi connectivity index (χ4v) is 7.47. The number of cyclic esters (lactones) is 2. The van der Waals surface area contributed by atoms with Crippen LogP contribution in [0, 0.1) is 17.3 Å². The van der Waals surface area contributed by atoms with Crippen molar-refractivity contribution in [2.45, 2.75) is 90.9 Å². The first-order chi connectivity index (χ1) is 27.5. The predicted octanol–water partition coefficient (Wildman–Crippen LogP) is 4.33. The van der Waals surface area contributed by atoms with E-state index >= 15 is 0 Å². The van der Waals surface area contributed by atoms with Gasteiger partial charge in [-0.25, -0.2) is 4.79 Å². The van der Waals surface area contributed by atoms with Crippen LogP contribution in [0.15, 0.2) is 54.6 Å². The fourth-order valence-electron chi connectivity index (χ4n) is 7.19. The smallest absolute Gasteiger partial charge is 0.347 e. The molecule has 2 amide bonds. The maximum atomic E-state index is 13.8. The number of hydrogen-bond donors (Lipinski definition) is 3. The van der Waals surface area contributed by atoms with Crippen molar-refractivity contribution in [3.8, 4) is 5.75 Å². The lowest BCUT2D eigenvalue weighted by atomic mass is 9.92. The highest BCUT2D eigenvalue weighted by Crippen LogP contribution is 2.45. The van der Waals surface area contributed by atoms with Crippen molar-refractivity contribution in [3.05, 3.63) is 76.3 Å². The van der Waals surface area contributed by atoms with Gasteiger partial charge in [-0.15, -0.1) is 0 Å². The zero-order valence-corrected chi connectivity index (χ0v) is 35.0. The van der Waals surface area contributed by atoms with Crippen molar-refractivity contribution in [2.75, 3.05) is 46.4 Å². The number of carboxylic acids is 1. The standard InChI is InChI=1S/C43H57ClN4O10/c1-26(2)20-35-41(53)56-33(27(3)38-39(58-38)30-13-10-28(11-14-30)23-47-16-18-48(19-17-47)24-37(50)51)8-7-9-36(49)46-32(22-29-12-15-34(55-6)31(44)21-29)40(52)45-25-43(4,5)42(54)57-35/h7,9-15,21,26-27,32-33,35,38-39H,8,16-20,22-25H2,1-6H3,(H,45,52)(H,46,49)(H,50,51)/t27-,32+,33-,35-,38+,39+/m0/s1. The third-order valence-corrected chi connectivity index (χ3v) is 11.1. The molecule has 0 aromatic heterocycles. The molecule has 0 bridgehead atoms. The van der Waals surface area contributed by atoms with Gasteiger partial charge >= 0.3 is 17.9 Å². The number of carbonyl (C=O) groups excluding carboxylic acids is 4. The zero-order chi connectivity index (χ0) is 42.1. The molecule has 2 fully saturated rings. The number of nitrogens with zero attached hydrogens (tertiary/aromatic N) is 2. The molecule has 316 valence electrons. The lowest BCUT2D eigenvalue weighted by Crippen LogP contribution is -2.51. The molecule has 3 aliphatic rings. The van der Waals surface area contributed by atoms with Crippen LogP contribution in [0.25, 0.3) is 0 Å². The molecular formula is C43H57ClN4O10. The number of epoxide rings is 1. The minimum Gasteiger partial charge on any atom is -0.495 e. The largest absolute Gasteiger partial charge is 0.495 e. The molecular weight excluding hydrogens is 768 g/mol. The summed E-state index contributed by atoms with van der Waals surface area (Å²) in [6.07, 6.45) is 0.992. The van der Waals surface area contributed by atoms with E-state index in [1.54, 1.807) is 38.1 Å². The number of rotatable bonds is 12. The highest BCUT2D eigenvalue weighted by molar-refractivity contribution is 6.32. The van der Waals surface area contributed by atoms with Gasteiger partial charge in [-0.3, -0.25) is 29.0 Å². The molecule has 58 heavy (non-hydrogen) atoms. The van der Waals surface area contributed by atoms with Crippen molar-refractivity contribution in [3.63, 3.8) is 0 Å². The molecule has 0 radical (unpaired) electrons. The Morgan fingerprint density at radius 3 is 2.29 bits per heavy atom. The van der Waals surface area contributed by atoms with Gasteiger partial charge in [-0.1, -0.05) is 68.8 Å². The molecule has 3 N–H and O–H groups in total. The van der Waals surface area contributed by atoms with Crippen LogP contribution in [0.1, 0.15) is 70.3 Å². The summed E-state index contributed by atoms with van der Waals surface area (Å²) in [7, 11) is 1.50. The summed E-state index contributed by atoms with van der Waals surface area (Å²) in [5.74, 6) is -3.06. The number of halogens is 1. The average Bonchev–Trinajstić information content (AvgIpc) is 3.97. The first-order valence-corrected chi connectivity index (χ1v) is 20.3. The van der Waals surface area contributed by atoms with Crippen molar-refractivity contribution in [1.82, 2.24) is 20.4 Å². The normalized spacial score (nSPS) is 25.6. The van der Waals surface area contributed by atoms with Crippen molar-refractivity contribution >= 4 is 41.3 Å². The van der Waals surface area contributed by atoms with E-state index in [2.05, 4.69) is 27.7 Å². The number of esters is 2. The van der Waals surface area contributed by atoms with Crippen LogP contribution in [-0.2, 0) is 51.1 Å². The highest BCUT2D eigenvalue weighted by Gasteiger charge is 2.48. The van der Waals surface area contributed by atoms with Gasteiger partial charge in [-0.2, -0.15) is 0 Å². The van der Waals surface area contributed by atoms with E-state index in [-0.39, 0.29) is 56.4 Å². The average molecular weight is 825 g/mol. The van der Waals surface area contributed by atoms with Gasteiger partial charge in [0.05, 0.1) is 30.2 Å². The minimum absolute atomic E-state index is 0.00824. The Hall–Kier alpha value is -4.50. The third kappa shape index (κ3) is 12.5. The van der Waals surface area contributed by atoms with E-state index in [9.17, 15) is 24.0 Å². The van der Waals surface area contributed by atoms with Gasteiger partial charge in [-0.05, 0) is 61.1 Å². The number of amides is 2. The second-order valence-electron chi connectivity index (χ2n) is 16.5. The van der Waals surface area contributed by atoms with Gasteiger partial charge in [0.2, 0.25) is 11.8 Å². The van der Waals surface area contributed by atoms with Gasteiger partial charge in [0.15, 0.2) is 6.10 Å². The first kappa shape index (κ1) is 44.6. The first-order valence-electron chi connectivity index (χ1n) is 19.9. The van der Waals surface area contributed by atoms with E-state index in [0.29, 0.717) is 29.4 Å². The van der Waals surface area contributed by atoms with Gasteiger partial charge in [0.25, 0.3) is 0 Å². The molecule has 3 heterocycles. The van der Waals surface area contributed by atoms with E-state index in [1.807, 2.05) is 37.8 Å². The van der Waals surface area contributed by atoms with E-state index < -0.39 is 53.4 Å². The molecule has 3 aliphatic heterocycles. The maximum Gasteiger partial charge on any atom is 0.347 e. The van der Waals surface area contributed by atoms with Gasteiger partial charge in [0, 0.05) is 58.0 Å². The summed E-state index contributed by atoms with van der Waals surface area (Å²) in [6, 6.07) is 12.3. The van der Waals surface area contributed by atoms with Crippen LogP contribution in [-0.4, -0.2) is 115 Å². The second-order valence-corrected chi connectivity index (χ2v) is 16.9. The Bertz CT molecular complexity index is 1810. The molecule has 0 unspecified atom stereocenters. The number of aliphatic carboxylic acids is 1. The van der Waals surface area contributed by atoms with E-state index in [0.717, 1.165) is 30.8 Å². The molecule has 2 aromatic carbocycles. The van der Waals surface area contributed by atoms with Crippen LogP contribution >= 0.6 is 11.6 Å². The fraction of sp³-hybridized carbons (Fsp3) is 0.558. The Morgan fingerprint density at radius 1 is 0.983 bits per heavy atom. The van der Waals surface area contributed by atoms with E-state index in [1.165, 1.54) is 13.2 Å². The molecule has 0 aliphatic carbocycles. The Balaban J connectivity index is 1.31. The summed E-state index contributed by atoms with van der Waals surface area (Å²) >= 11 is 6.35. The Morgan fingerprint density at radius 2 is 1.66 bits per heavy atom. The predicted molar refractivity (Wildman–Crippen MR) is 216 cm³/mol. The van der Waals surface area contributed by atoms with Crippen molar-refractivity contribution < 1.29 is 48.0 Å². The molecule has 5 rings (SSSR count). The van der Waals surface area contributed by atoms with Crippen LogP contribution in [0.5, 0.6) is 5.75 Å². The highest BCUT2D eigenvalue weighted by atomic mass is 35.5. The summed E-state index contributed by atoms with van der Waals surface area (Å²) < 4.78 is 23.4. The third-order valence-electron chi connectivity index (χ3n) is 10.8. The molecule has 2 saturated heterocycles. The van der Waals surface area contributed by atoms with Crippen LogP contribution in [0.4, 0.5) is 0 Å². The molecule has 2 aromatic rings. The Labute approximate surface area is 345 Å². The molecule has 0 saturated carbocycles. The van der Waals surface area contributed by atoms with Crippen LogP contribution in [0.2, 0.25) is 5.02 Å². The maximum absolute atomic E-state index is 13.8. The Kier molecular flexibility index (Phi) is 15.4. The summed E-state index contributed by atoms with van der Waals surface area (Å²) in [6.45, 7) is 12.7. The summed E-state index contributed by atoms with van der Waals surface area (Å²) in [5, 5.41) is 15.0. The molecule has 15 heteroatoms. The van der Waals surface area contributed by atoms with Gasteiger partial charge in [0.1, 0.15) is 24.0 Å². The van der Waals surface area contributed by atoms with Crippen molar-refractivity contribution in [1.29, 1.82) is 0 Å². The lowest BCUT2D eigenvalue weighted by Gasteiger charge is -2.33. The number of carbonyl (C=O) groups is 5. The number of benzene rings is 2. The summed E-state index contributed by atoms with van der Waals surface area (Å²) in [4.78, 5) is 69.6. The zero-order valence-electron chi connectivity index (χ0n) is 34.2. The van der Waals surface area contributed by atoms with Crippen LogP contribution in [0.3, 0.4) is 0 Å². The summed E-state index contributed by atoms with van der Waals surface area (Å²) in [5.41, 5.74) is 1.57.